The number of phosphoric acid groups is 1. The summed E-state index contributed by atoms with van der Waals surface area (Å²) in [5.41, 5.74) is 4.85. The Bertz CT molecular complexity index is 1030. The van der Waals surface area contributed by atoms with E-state index in [1.165, 1.54) is 31.1 Å². The summed E-state index contributed by atoms with van der Waals surface area (Å²) in [5, 5.41) is 39.7. The lowest BCUT2D eigenvalue weighted by atomic mass is 9.88. The van der Waals surface area contributed by atoms with Crippen LogP contribution in [0.15, 0.2) is 12.7 Å². The molecule has 6 atom stereocenters. The van der Waals surface area contributed by atoms with Crippen molar-refractivity contribution >= 4 is 30.8 Å². The normalized spacial score (nSPS) is 26.7. The van der Waals surface area contributed by atoms with Gasteiger partial charge in [-0.3, -0.25) is 14.0 Å². The maximum Gasteiger partial charge on any atom is 0.529 e. The van der Waals surface area contributed by atoms with Crippen LogP contribution in [0.2, 0.25) is 0 Å². The molecule has 0 amide bonds. The van der Waals surface area contributed by atoms with Gasteiger partial charge < -0.3 is 35.4 Å². The van der Waals surface area contributed by atoms with Gasteiger partial charge in [-0.15, -0.1) is 0 Å². The van der Waals surface area contributed by atoms with Gasteiger partial charge in [0.1, 0.15) is 30.2 Å². The zero-order valence-corrected chi connectivity index (χ0v) is 17.9. The third-order valence-electron chi connectivity index (χ3n) is 4.98. The lowest BCUT2D eigenvalue weighted by Gasteiger charge is -2.27. The number of hydrogen-bond donors (Lipinski definition) is 6. The number of fused-ring (bicyclic) bond motifs is 1. The first-order valence-corrected chi connectivity index (χ1v) is 10.8. The van der Waals surface area contributed by atoms with Crippen LogP contribution < -0.4 is 5.73 Å². The first-order chi connectivity index (χ1) is 14.9. The fourth-order valence-electron chi connectivity index (χ4n) is 2.92. The van der Waals surface area contributed by atoms with Crippen molar-refractivity contribution < 1.29 is 48.5 Å². The van der Waals surface area contributed by atoms with Crippen molar-refractivity contribution in [1.82, 2.24) is 19.5 Å². The summed E-state index contributed by atoms with van der Waals surface area (Å²) in [5.74, 6) is -1.39. The fourth-order valence-corrected chi connectivity index (χ4v) is 3.63. The van der Waals surface area contributed by atoms with Gasteiger partial charge >= 0.3 is 13.8 Å². The molecule has 15 nitrogen and oxygen atoms in total. The van der Waals surface area contributed by atoms with Crippen molar-refractivity contribution in [2.45, 2.75) is 44.5 Å². The quantitative estimate of drug-likeness (QED) is 0.227. The minimum Gasteiger partial charge on any atom is -0.396 e. The van der Waals surface area contributed by atoms with Gasteiger partial charge in [-0.25, -0.2) is 24.3 Å². The van der Waals surface area contributed by atoms with Crippen molar-refractivity contribution in [1.29, 1.82) is 0 Å². The molecule has 7 N–H and O–H groups in total. The Labute approximate surface area is 181 Å². The van der Waals surface area contributed by atoms with E-state index < -0.39 is 63.1 Å². The number of aliphatic hydroxyl groups is 4. The van der Waals surface area contributed by atoms with E-state index in [2.05, 4.69) is 19.5 Å². The first kappa shape index (κ1) is 24.4. The summed E-state index contributed by atoms with van der Waals surface area (Å²) in [6.07, 6.45) is -4.99. The van der Waals surface area contributed by atoms with Crippen LogP contribution in [0.1, 0.15) is 20.1 Å². The van der Waals surface area contributed by atoms with Crippen LogP contribution in [0.4, 0.5) is 5.82 Å². The highest BCUT2D eigenvalue weighted by Crippen LogP contribution is 2.45. The highest BCUT2D eigenvalue weighted by Gasteiger charge is 2.46. The number of nitrogen functional groups attached to an aromatic ring is 1. The number of aliphatic hydroxyl groups excluding tert-OH is 4. The number of hydrogen-bond acceptors (Lipinski definition) is 13. The molecule has 0 spiro atoms. The fraction of sp³-hybridized carbons (Fsp3) is 0.625. The largest absolute Gasteiger partial charge is 0.529 e. The molecule has 16 heteroatoms. The molecule has 178 valence electrons. The second kappa shape index (κ2) is 8.96. The Morgan fingerprint density at radius 1 is 1.34 bits per heavy atom. The summed E-state index contributed by atoms with van der Waals surface area (Å²) < 4.78 is 27.9. The Morgan fingerprint density at radius 3 is 2.69 bits per heavy atom. The Balaban J connectivity index is 1.66. The number of anilines is 1. The number of aromatic nitrogens is 4. The smallest absolute Gasteiger partial charge is 0.396 e. The van der Waals surface area contributed by atoms with Crippen molar-refractivity contribution in [2.75, 3.05) is 18.9 Å². The van der Waals surface area contributed by atoms with Gasteiger partial charge in [-0.05, 0) is 0 Å². The molecule has 1 aliphatic rings. The minimum atomic E-state index is -5.03. The molecule has 1 aliphatic heterocycles. The van der Waals surface area contributed by atoms with E-state index in [4.69, 9.17) is 15.0 Å². The Hall–Kier alpha value is -2.23. The van der Waals surface area contributed by atoms with Crippen LogP contribution in [0.3, 0.4) is 0 Å². The van der Waals surface area contributed by atoms with Crippen molar-refractivity contribution in [3.63, 3.8) is 0 Å². The monoisotopic (exact) mass is 477 g/mol. The second-order valence-electron chi connectivity index (χ2n) is 7.85. The number of imidazole rings is 1. The van der Waals surface area contributed by atoms with E-state index >= 15 is 0 Å². The van der Waals surface area contributed by atoms with Crippen LogP contribution in [0, 0.1) is 5.41 Å². The van der Waals surface area contributed by atoms with Gasteiger partial charge in [0, 0.05) is 5.41 Å². The van der Waals surface area contributed by atoms with Gasteiger partial charge in [-0.1, -0.05) is 13.8 Å². The SMILES string of the molecule is CC(C)(CO)C(O)C(=O)OP(=O)(O)OCC1OC(n2cnc3c(N)ncnc32)C(O)C1O. The molecule has 0 aromatic carbocycles. The zero-order chi connectivity index (χ0) is 23.8. The van der Waals surface area contributed by atoms with E-state index in [0.717, 1.165) is 0 Å². The van der Waals surface area contributed by atoms with Crippen LogP contribution in [-0.4, -0.2) is 88.4 Å². The molecule has 2 aromatic rings. The lowest BCUT2D eigenvalue weighted by Crippen LogP contribution is -2.40. The average molecular weight is 477 g/mol. The molecule has 32 heavy (non-hydrogen) atoms. The number of carbonyl (C=O) groups is 1. The van der Waals surface area contributed by atoms with Gasteiger partial charge in [0.05, 0.1) is 19.5 Å². The summed E-state index contributed by atoms with van der Waals surface area (Å²) >= 11 is 0. The zero-order valence-electron chi connectivity index (χ0n) is 17.0. The highest BCUT2D eigenvalue weighted by atomic mass is 31.2. The predicted octanol–water partition coefficient (Wildman–Crippen LogP) is -1.93. The van der Waals surface area contributed by atoms with Gasteiger partial charge in [0.15, 0.2) is 23.8 Å². The van der Waals surface area contributed by atoms with Crippen LogP contribution in [0.25, 0.3) is 11.2 Å². The predicted molar refractivity (Wildman–Crippen MR) is 104 cm³/mol. The van der Waals surface area contributed by atoms with Crippen LogP contribution in [-0.2, 0) is 23.1 Å². The maximum absolute atomic E-state index is 12.1. The number of carbonyl (C=O) groups excluding carboxylic acids is 1. The molecule has 3 heterocycles. The van der Waals surface area contributed by atoms with E-state index in [-0.39, 0.29) is 17.0 Å². The molecule has 3 rings (SSSR count). The van der Waals surface area contributed by atoms with Gasteiger partial charge in [0.2, 0.25) is 0 Å². The maximum atomic E-state index is 12.1. The van der Waals surface area contributed by atoms with Crippen molar-refractivity contribution in [3.8, 4) is 0 Å². The molecule has 0 aliphatic carbocycles. The van der Waals surface area contributed by atoms with E-state index in [1.54, 1.807) is 0 Å². The number of phosphoric ester groups is 1. The van der Waals surface area contributed by atoms with Crippen molar-refractivity contribution in [3.05, 3.63) is 12.7 Å². The van der Waals surface area contributed by atoms with Crippen LogP contribution >= 0.6 is 7.82 Å². The third-order valence-corrected chi connectivity index (χ3v) is 5.86. The molecule has 0 saturated carbocycles. The molecular formula is C16H24N5O10P. The lowest BCUT2D eigenvalue weighted by molar-refractivity contribution is -0.154. The summed E-state index contributed by atoms with van der Waals surface area (Å²) in [7, 11) is -5.03. The molecule has 0 radical (unpaired) electrons. The van der Waals surface area contributed by atoms with Crippen molar-refractivity contribution in [2.24, 2.45) is 5.41 Å². The molecule has 1 fully saturated rings. The standard InChI is InChI=1S/C16H24N5O10P/c1-16(2,4-22)11(25)15(26)31-32(27,28)29-3-7-9(23)10(24)14(30-7)21-6-20-8-12(17)18-5-19-13(8)21/h5-7,9-11,14,22-25H,3-4H2,1-2H3,(H,27,28)(H2,17,18,19). The van der Waals surface area contributed by atoms with E-state index in [1.807, 2.05) is 0 Å². The van der Waals surface area contributed by atoms with Gasteiger partial charge in [0.25, 0.3) is 0 Å². The van der Waals surface area contributed by atoms with E-state index in [0.29, 0.717) is 0 Å². The average Bonchev–Trinajstić information content (AvgIpc) is 3.28. The minimum absolute atomic E-state index is 0.0938. The number of rotatable bonds is 8. The Morgan fingerprint density at radius 2 is 2.03 bits per heavy atom. The molecule has 1 saturated heterocycles. The molecule has 2 aromatic heterocycles. The second-order valence-corrected chi connectivity index (χ2v) is 9.23. The summed E-state index contributed by atoms with van der Waals surface area (Å²) in [6, 6.07) is 0. The van der Waals surface area contributed by atoms with Gasteiger partial charge in [-0.2, -0.15) is 0 Å². The third kappa shape index (κ3) is 4.74. The van der Waals surface area contributed by atoms with E-state index in [9.17, 15) is 34.7 Å². The highest BCUT2D eigenvalue weighted by molar-refractivity contribution is 7.48. The Kier molecular flexibility index (Phi) is 6.83. The molecule has 6 unspecified atom stereocenters. The molecular weight excluding hydrogens is 453 g/mol. The number of ether oxygens (including phenoxy) is 1. The summed E-state index contributed by atoms with van der Waals surface area (Å²) in [6.45, 7) is 1.33. The van der Waals surface area contributed by atoms with Crippen LogP contribution in [0.5, 0.6) is 0 Å². The topological polar surface area (TPSA) is 233 Å². The number of nitrogens with zero attached hydrogens (tertiary/aromatic N) is 4. The number of nitrogens with two attached hydrogens (primary N) is 1. The first-order valence-electron chi connectivity index (χ1n) is 9.32. The summed E-state index contributed by atoms with van der Waals surface area (Å²) in [4.78, 5) is 33.5. The molecule has 0 bridgehead atoms.